The van der Waals surface area contributed by atoms with Crippen LogP contribution in [0.2, 0.25) is 0 Å². The topological polar surface area (TPSA) is 121 Å². The fourth-order valence-corrected chi connectivity index (χ4v) is 8.09. The van der Waals surface area contributed by atoms with Gasteiger partial charge in [0.25, 0.3) is 0 Å². The van der Waals surface area contributed by atoms with Crippen LogP contribution in [-0.2, 0) is 18.9 Å². The van der Waals surface area contributed by atoms with E-state index in [-0.39, 0.29) is 60.3 Å². The average Bonchev–Trinajstić information content (AvgIpc) is 3.09. The SMILES string of the molecule is O=C1c2ccccc2SC2C=CC(OCC(O)COCCOCCOCC(O)COc3ccc4c(c3)C(=O)C3C=CC=CC3S4)=CC12. The normalized spacial score (nSPS) is 23.7. The molecule has 2 aromatic rings. The number of benzene rings is 2. The number of aliphatic hydroxyl groups is 2. The molecule has 9 nitrogen and oxygen atoms in total. The molecular formula is C36H38O9S2. The zero-order valence-electron chi connectivity index (χ0n) is 25.8. The van der Waals surface area contributed by atoms with Gasteiger partial charge in [0.05, 0.1) is 51.5 Å². The average molecular weight is 679 g/mol. The van der Waals surface area contributed by atoms with Crippen LogP contribution in [-0.4, -0.2) is 97.3 Å². The third-order valence-electron chi connectivity index (χ3n) is 7.98. The number of rotatable bonds is 16. The summed E-state index contributed by atoms with van der Waals surface area (Å²) in [5.41, 5.74) is 1.39. The van der Waals surface area contributed by atoms with Gasteiger partial charge < -0.3 is 33.9 Å². The third kappa shape index (κ3) is 8.66. The summed E-state index contributed by atoms with van der Waals surface area (Å²) in [6.07, 6.45) is 11.9. The van der Waals surface area contributed by atoms with Gasteiger partial charge in [0, 0.05) is 31.4 Å². The maximum Gasteiger partial charge on any atom is 0.172 e. The molecule has 47 heavy (non-hydrogen) atoms. The molecule has 0 fully saturated rings. The zero-order chi connectivity index (χ0) is 32.6. The number of carbonyl (C=O) groups excluding carboxylic acids is 2. The van der Waals surface area contributed by atoms with E-state index in [9.17, 15) is 19.8 Å². The first-order chi connectivity index (χ1) is 23.0. The van der Waals surface area contributed by atoms with E-state index >= 15 is 0 Å². The first-order valence-corrected chi connectivity index (χ1v) is 17.5. The lowest BCUT2D eigenvalue weighted by atomic mass is 9.90. The van der Waals surface area contributed by atoms with Gasteiger partial charge in [0.15, 0.2) is 11.6 Å². The van der Waals surface area contributed by atoms with Crippen molar-refractivity contribution in [1.82, 2.24) is 0 Å². The number of ether oxygens (including phenoxy) is 5. The molecule has 0 aromatic heterocycles. The predicted molar refractivity (Wildman–Crippen MR) is 179 cm³/mol. The smallest absolute Gasteiger partial charge is 0.172 e. The van der Waals surface area contributed by atoms with Crippen LogP contribution in [0.1, 0.15) is 20.7 Å². The van der Waals surface area contributed by atoms with Crippen LogP contribution in [0.4, 0.5) is 0 Å². The highest BCUT2D eigenvalue weighted by molar-refractivity contribution is 8.00. The van der Waals surface area contributed by atoms with Crippen molar-refractivity contribution in [3.05, 3.63) is 102 Å². The summed E-state index contributed by atoms with van der Waals surface area (Å²) < 4.78 is 27.9. The molecule has 0 amide bonds. The number of fused-ring (bicyclic) bond motifs is 4. The van der Waals surface area contributed by atoms with Crippen LogP contribution in [0.3, 0.4) is 0 Å². The van der Waals surface area contributed by atoms with Gasteiger partial charge in [-0.05, 0) is 36.4 Å². The largest absolute Gasteiger partial charge is 0.491 e. The Balaban J connectivity index is 0.789. The molecular weight excluding hydrogens is 641 g/mol. The number of thioether (sulfide) groups is 2. The van der Waals surface area contributed by atoms with Crippen molar-refractivity contribution in [3.63, 3.8) is 0 Å². The van der Waals surface area contributed by atoms with Crippen LogP contribution in [0.15, 0.2) is 101 Å². The monoisotopic (exact) mass is 678 g/mol. The summed E-state index contributed by atoms with van der Waals surface area (Å²) in [5.74, 6) is 0.834. The summed E-state index contributed by atoms with van der Waals surface area (Å²) >= 11 is 3.35. The minimum absolute atomic E-state index is 0.0376. The summed E-state index contributed by atoms with van der Waals surface area (Å²) in [6.45, 7) is 1.49. The molecule has 2 N–H and O–H groups in total. The van der Waals surface area contributed by atoms with Crippen molar-refractivity contribution >= 4 is 35.1 Å². The Hall–Kier alpha value is -3.16. The van der Waals surface area contributed by atoms with Gasteiger partial charge in [-0.1, -0.05) is 48.6 Å². The fraction of sp³-hybridized carbons (Fsp3) is 0.389. The highest BCUT2D eigenvalue weighted by Gasteiger charge is 2.36. The van der Waals surface area contributed by atoms with Gasteiger partial charge in [-0.15, -0.1) is 23.5 Å². The number of Topliss-reactive ketones (excluding diaryl/α,β-unsaturated/α-hetero) is 2. The first-order valence-electron chi connectivity index (χ1n) is 15.7. The standard InChI is InChI=1S/C36H38O9S2/c37-23(21-44-25-9-11-33-29(17-25)35(39)27-5-1-3-7-31(27)46-33)19-42-15-13-41-14-16-43-20-24(38)22-45-26-10-12-34-30(18-26)36(40)28-6-2-4-8-32(28)47-34/h1-12,17-18,23-24,27,30-31,34,37-38H,13-16,19-22H2. The highest BCUT2D eigenvalue weighted by Crippen LogP contribution is 2.43. The maximum atomic E-state index is 12.9. The number of hydrogen-bond acceptors (Lipinski definition) is 11. The minimum Gasteiger partial charge on any atom is -0.491 e. The van der Waals surface area contributed by atoms with E-state index in [1.165, 1.54) is 0 Å². The number of hydrogen-bond donors (Lipinski definition) is 2. The van der Waals surface area contributed by atoms with E-state index in [1.54, 1.807) is 29.6 Å². The second-order valence-electron chi connectivity index (χ2n) is 11.5. The number of allylic oxidation sites excluding steroid dienone is 5. The molecule has 2 aromatic carbocycles. The molecule has 2 aliphatic carbocycles. The Labute approximate surface area is 282 Å². The second-order valence-corrected chi connectivity index (χ2v) is 13.9. The van der Waals surface area contributed by atoms with Crippen LogP contribution in [0, 0.1) is 11.8 Å². The number of aliphatic hydroxyl groups excluding tert-OH is 2. The van der Waals surface area contributed by atoms with Gasteiger partial charge in [-0.2, -0.15) is 0 Å². The van der Waals surface area contributed by atoms with E-state index in [2.05, 4.69) is 6.08 Å². The molecule has 0 saturated heterocycles. The lowest BCUT2D eigenvalue weighted by Crippen LogP contribution is -2.30. The lowest BCUT2D eigenvalue weighted by Gasteiger charge is -2.30. The Morgan fingerprint density at radius 1 is 0.660 bits per heavy atom. The molecule has 6 rings (SSSR count). The Kier molecular flexibility index (Phi) is 11.7. The van der Waals surface area contributed by atoms with Gasteiger partial charge in [0.2, 0.25) is 0 Å². The van der Waals surface area contributed by atoms with Crippen molar-refractivity contribution < 1.29 is 43.5 Å². The quantitative estimate of drug-likeness (QED) is 0.241. The Morgan fingerprint density at radius 2 is 1.30 bits per heavy atom. The molecule has 6 unspecified atom stereocenters. The van der Waals surface area contributed by atoms with Crippen LogP contribution in [0.25, 0.3) is 0 Å². The molecule has 2 aliphatic heterocycles. The van der Waals surface area contributed by atoms with Gasteiger partial charge in [-0.3, -0.25) is 9.59 Å². The number of ketones is 2. The van der Waals surface area contributed by atoms with E-state index in [1.807, 2.05) is 72.9 Å². The number of carbonyl (C=O) groups is 2. The Morgan fingerprint density at radius 3 is 2.09 bits per heavy atom. The summed E-state index contributed by atoms with van der Waals surface area (Å²) in [4.78, 5) is 27.8. The summed E-state index contributed by atoms with van der Waals surface area (Å²) in [7, 11) is 0. The maximum absolute atomic E-state index is 12.9. The summed E-state index contributed by atoms with van der Waals surface area (Å²) in [6, 6.07) is 13.1. The van der Waals surface area contributed by atoms with Gasteiger partial charge in [-0.25, -0.2) is 0 Å². The first kappa shape index (κ1) is 33.7. The van der Waals surface area contributed by atoms with E-state index in [0.29, 0.717) is 43.5 Å². The molecule has 0 radical (unpaired) electrons. The van der Waals surface area contributed by atoms with Crippen molar-refractivity contribution in [2.75, 3.05) is 52.9 Å². The molecule has 11 heteroatoms. The van der Waals surface area contributed by atoms with Gasteiger partial charge in [0.1, 0.15) is 36.9 Å². The predicted octanol–water partition coefficient (Wildman–Crippen LogP) is 4.68. The van der Waals surface area contributed by atoms with Crippen LogP contribution < -0.4 is 4.74 Å². The zero-order valence-corrected chi connectivity index (χ0v) is 27.4. The fourth-order valence-electron chi connectivity index (χ4n) is 5.58. The molecule has 2 heterocycles. The van der Waals surface area contributed by atoms with Crippen molar-refractivity contribution in [2.24, 2.45) is 11.8 Å². The second kappa shape index (κ2) is 16.3. The van der Waals surface area contributed by atoms with Crippen molar-refractivity contribution in [3.8, 4) is 5.75 Å². The van der Waals surface area contributed by atoms with E-state index in [0.717, 1.165) is 15.4 Å². The van der Waals surface area contributed by atoms with Crippen molar-refractivity contribution in [1.29, 1.82) is 0 Å². The Bertz CT molecular complexity index is 1550. The van der Waals surface area contributed by atoms with E-state index < -0.39 is 12.2 Å². The van der Waals surface area contributed by atoms with Crippen LogP contribution in [0.5, 0.6) is 5.75 Å². The molecule has 6 atom stereocenters. The molecule has 0 spiro atoms. The van der Waals surface area contributed by atoms with E-state index in [4.69, 9.17) is 23.7 Å². The van der Waals surface area contributed by atoms with Gasteiger partial charge >= 0.3 is 0 Å². The lowest BCUT2D eigenvalue weighted by molar-refractivity contribution is -0.0356. The summed E-state index contributed by atoms with van der Waals surface area (Å²) in [5, 5.41) is 20.7. The molecule has 4 aliphatic rings. The van der Waals surface area contributed by atoms with Crippen molar-refractivity contribution in [2.45, 2.75) is 32.5 Å². The molecule has 248 valence electrons. The molecule has 0 saturated carbocycles. The highest BCUT2D eigenvalue weighted by atomic mass is 32.2. The van der Waals surface area contributed by atoms with Crippen LogP contribution >= 0.6 is 23.5 Å². The minimum atomic E-state index is -0.834. The molecule has 0 bridgehead atoms. The third-order valence-corrected chi connectivity index (χ3v) is 10.6.